The van der Waals surface area contributed by atoms with E-state index >= 15 is 0 Å². The number of benzene rings is 3. The molecule has 1 heterocycles. The van der Waals surface area contributed by atoms with Crippen molar-refractivity contribution in [2.75, 3.05) is 0 Å². The van der Waals surface area contributed by atoms with E-state index in [0.29, 0.717) is 18.2 Å². The number of ether oxygens (including phenoxy) is 1. The first-order valence-electron chi connectivity index (χ1n) is 12.2. The van der Waals surface area contributed by atoms with Crippen LogP contribution >= 0.6 is 0 Å². The number of rotatable bonds is 6. The van der Waals surface area contributed by atoms with Gasteiger partial charge in [0.2, 0.25) is 5.82 Å². The predicted molar refractivity (Wildman–Crippen MR) is 136 cm³/mol. The summed E-state index contributed by atoms with van der Waals surface area (Å²) in [4.78, 5) is 8.24. The monoisotopic (exact) mass is 568 g/mol. The maximum absolute atomic E-state index is 14.8. The highest BCUT2D eigenvalue weighted by atomic mass is 19.3. The minimum atomic E-state index is -4.18. The van der Waals surface area contributed by atoms with E-state index in [9.17, 15) is 30.7 Å². The number of aromatic nitrogens is 2. The molecule has 0 radical (unpaired) electrons. The van der Waals surface area contributed by atoms with Crippen LogP contribution in [0.5, 0.6) is 5.75 Å². The Balaban J connectivity index is 1.46. The molecule has 0 amide bonds. The van der Waals surface area contributed by atoms with Gasteiger partial charge in [-0.3, -0.25) is 0 Å². The maximum atomic E-state index is 14.8. The number of unbranched alkanes of at least 4 members (excludes halogenated alkanes) is 1. The van der Waals surface area contributed by atoms with Crippen LogP contribution in [-0.4, -0.2) is 9.97 Å². The van der Waals surface area contributed by atoms with Crippen molar-refractivity contribution in [3.8, 4) is 29.4 Å². The molecule has 0 bridgehead atoms. The Morgan fingerprint density at radius 2 is 1.39 bits per heavy atom. The fraction of sp³-hybridized carbons (Fsp3) is 0.161. The third kappa shape index (κ3) is 7.43. The van der Waals surface area contributed by atoms with Crippen LogP contribution in [0.4, 0.5) is 30.7 Å². The highest BCUT2D eigenvalue weighted by Gasteiger charge is 2.37. The van der Waals surface area contributed by atoms with Crippen molar-refractivity contribution in [3.05, 3.63) is 124 Å². The van der Waals surface area contributed by atoms with Crippen LogP contribution < -0.4 is 4.74 Å². The molecule has 4 rings (SSSR count). The standard InChI is InChI=1S/C31H19F7N2O/c1-2-3-4-21-17-39-29(40-18-21)12-7-19-6-11-24(26(33)13-19)31(37,38)41-23-10-9-22(25(32)16-23)8-5-20-14-27(34)30(36)28(35)15-20/h6,9-11,13-18H,2-4H2,1H3. The highest BCUT2D eigenvalue weighted by molar-refractivity contribution is 5.46. The molecule has 3 nitrogen and oxygen atoms in total. The Morgan fingerprint density at radius 3 is 2.02 bits per heavy atom. The second-order valence-electron chi connectivity index (χ2n) is 8.73. The minimum absolute atomic E-state index is 0.0931. The summed E-state index contributed by atoms with van der Waals surface area (Å²) >= 11 is 0. The van der Waals surface area contributed by atoms with Crippen LogP contribution in [0.2, 0.25) is 0 Å². The predicted octanol–water partition coefficient (Wildman–Crippen LogP) is 7.44. The largest absolute Gasteiger partial charge is 0.429 e. The normalized spacial score (nSPS) is 10.8. The summed E-state index contributed by atoms with van der Waals surface area (Å²) < 4.78 is 103. The van der Waals surface area contributed by atoms with Gasteiger partial charge >= 0.3 is 6.11 Å². The molecular formula is C31H19F7N2O. The van der Waals surface area contributed by atoms with Crippen LogP contribution in [0.15, 0.2) is 60.9 Å². The third-order valence-corrected chi connectivity index (χ3v) is 5.64. The molecule has 1 aromatic heterocycles. The first-order chi connectivity index (χ1) is 19.6. The highest BCUT2D eigenvalue weighted by Crippen LogP contribution is 2.34. The molecule has 10 heteroatoms. The maximum Gasteiger partial charge on any atom is 0.429 e. The van der Waals surface area contributed by atoms with E-state index in [4.69, 9.17) is 0 Å². The third-order valence-electron chi connectivity index (χ3n) is 5.64. The molecule has 41 heavy (non-hydrogen) atoms. The van der Waals surface area contributed by atoms with Gasteiger partial charge in [-0.05, 0) is 66.8 Å². The summed E-state index contributed by atoms with van der Waals surface area (Å²) in [7, 11) is 0. The van der Waals surface area contributed by atoms with E-state index in [0.717, 1.165) is 49.1 Å². The summed E-state index contributed by atoms with van der Waals surface area (Å²) in [5.74, 6) is 2.30. The smallest absolute Gasteiger partial charge is 0.429 e. The van der Waals surface area contributed by atoms with Crippen LogP contribution in [0.3, 0.4) is 0 Å². The molecule has 3 aromatic carbocycles. The van der Waals surface area contributed by atoms with Crippen LogP contribution in [-0.2, 0) is 12.5 Å². The van der Waals surface area contributed by atoms with Gasteiger partial charge in [0.25, 0.3) is 0 Å². The number of hydrogen-bond donors (Lipinski definition) is 0. The number of nitrogens with zero attached hydrogens (tertiary/aromatic N) is 2. The van der Waals surface area contributed by atoms with Gasteiger partial charge in [-0.25, -0.2) is 31.9 Å². The molecular weight excluding hydrogens is 549 g/mol. The summed E-state index contributed by atoms with van der Waals surface area (Å²) in [5, 5.41) is 0. The number of alkyl halides is 2. The van der Waals surface area contributed by atoms with Gasteiger partial charge in [-0.15, -0.1) is 0 Å². The lowest BCUT2D eigenvalue weighted by molar-refractivity contribution is -0.187. The molecule has 0 saturated carbocycles. The lowest BCUT2D eigenvalue weighted by atomic mass is 10.1. The second-order valence-corrected chi connectivity index (χ2v) is 8.73. The fourth-order valence-electron chi connectivity index (χ4n) is 3.52. The molecule has 208 valence electrons. The van der Waals surface area contributed by atoms with Gasteiger partial charge < -0.3 is 4.74 Å². The number of aryl methyl sites for hydroxylation is 1. The zero-order valence-corrected chi connectivity index (χ0v) is 21.3. The van der Waals surface area contributed by atoms with Gasteiger partial charge in [0.1, 0.15) is 22.9 Å². The first kappa shape index (κ1) is 29.2. The molecule has 0 unspecified atom stereocenters. The Morgan fingerprint density at radius 1 is 0.732 bits per heavy atom. The van der Waals surface area contributed by atoms with Gasteiger partial charge in [-0.2, -0.15) is 8.78 Å². The van der Waals surface area contributed by atoms with Crippen molar-refractivity contribution < 1.29 is 35.5 Å². The molecule has 0 spiro atoms. The Hall–Kier alpha value is -4.83. The molecule has 0 fully saturated rings. The summed E-state index contributed by atoms with van der Waals surface area (Å²) in [6, 6.07) is 6.53. The zero-order valence-electron chi connectivity index (χ0n) is 21.3. The summed E-state index contributed by atoms with van der Waals surface area (Å²) in [5.41, 5.74) is -0.653. The minimum Gasteiger partial charge on any atom is -0.429 e. The second kappa shape index (κ2) is 12.6. The van der Waals surface area contributed by atoms with E-state index in [-0.39, 0.29) is 22.5 Å². The molecule has 0 aliphatic carbocycles. The lowest BCUT2D eigenvalue weighted by Gasteiger charge is -2.19. The molecule has 4 aromatic rings. The SMILES string of the molecule is CCCCc1cnc(C#Cc2ccc(C(F)(F)Oc3ccc(C#Cc4cc(F)c(F)c(F)c4)c(F)c3)c(F)c2)nc1. The van der Waals surface area contributed by atoms with Crippen molar-refractivity contribution in [1.82, 2.24) is 9.97 Å². The van der Waals surface area contributed by atoms with Gasteiger partial charge in [0, 0.05) is 29.6 Å². The average Bonchev–Trinajstić information content (AvgIpc) is 2.93. The van der Waals surface area contributed by atoms with Crippen molar-refractivity contribution in [2.24, 2.45) is 0 Å². The Kier molecular flexibility index (Phi) is 8.94. The number of halogens is 7. The molecule has 0 aliphatic rings. The molecule has 0 N–H and O–H groups in total. The van der Waals surface area contributed by atoms with E-state index in [1.807, 2.05) is 0 Å². The summed E-state index contributed by atoms with van der Waals surface area (Å²) in [6.07, 6.45) is 1.96. The Labute approximate surface area is 231 Å². The fourth-order valence-corrected chi connectivity index (χ4v) is 3.52. The first-order valence-corrected chi connectivity index (χ1v) is 12.2. The van der Waals surface area contributed by atoms with E-state index in [2.05, 4.69) is 45.3 Å². The van der Waals surface area contributed by atoms with E-state index in [1.165, 1.54) is 6.07 Å². The van der Waals surface area contributed by atoms with E-state index in [1.54, 1.807) is 12.4 Å². The number of hydrogen-bond acceptors (Lipinski definition) is 3. The zero-order chi connectivity index (χ0) is 29.6. The van der Waals surface area contributed by atoms with Crippen LogP contribution in [0.1, 0.15) is 53.4 Å². The summed E-state index contributed by atoms with van der Waals surface area (Å²) in [6.45, 7) is 2.07. The van der Waals surface area contributed by atoms with Gasteiger partial charge in [0.05, 0.1) is 5.56 Å². The quantitative estimate of drug-likeness (QED) is 0.138. The van der Waals surface area contributed by atoms with Crippen molar-refractivity contribution in [2.45, 2.75) is 32.3 Å². The topological polar surface area (TPSA) is 35.0 Å². The Bertz CT molecular complexity index is 1680. The molecule has 0 aliphatic heterocycles. The average molecular weight is 568 g/mol. The van der Waals surface area contributed by atoms with E-state index < -0.39 is 46.5 Å². The van der Waals surface area contributed by atoms with Crippen LogP contribution in [0.25, 0.3) is 0 Å². The van der Waals surface area contributed by atoms with Gasteiger partial charge in [-0.1, -0.05) is 31.1 Å². The lowest BCUT2D eigenvalue weighted by Crippen LogP contribution is -2.23. The van der Waals surface area contributed by atoms with Crippen molar-refractivity contribution in [3.63, 3.8) is 0 Å². The molecule has 0 atom stereocenters. The van der Waals surface area contributed by atoms with Crippen molar-refractivity contribution in [1.29, 1.82) is 0 Å². The van der Waals surface area contributed by atoms with Crippen LogP contribution in [0, 0.1) is 52.8 Å². The molecule has 0 saturated heterocycles. The van der Waals surface area contributed by atoms with Crippen molar-refractivity contribution >= 4 is 0 Å². The van der Waals surface area contributed by atoms with Gasteiger partial charge in [0.15, 0.2) is 17.5 Å².